The quantitative estimate of drug-likeness (QED) is 0.427. The first-order valence-electron chi connectivity index (χ1n) is 7.69. The summed E-state index contributed by atoms with van der Waals surface area (Å²) < 4.78 is 0. The number of hydrogen-bond acceptors (Lipinski definition) is 2. The van der Waals surface area contributed by atoms with E-state index >= 15 is 0 Å². The van der Waals surface area contributed by atoms with Crippen molar-refractivity contribution in [2.24, 2.45) is 10.7 Å². The zero-order chi connectivity index (χ0) is 15.9. The Morgan fingerprint density at radius 1 is 1.26 bits per heavy atom. The van der Waals surface area contributed by atoms with Gasteiger partial charge in [-0.05, 0) is 47.7 Å². The van der Waals surface area contributed by atoms with Crippen LogP contribution < -0.4 is 11.1 Å². The highest BCUT2D eigenvalue weighted by Gasteiger charge is 2.01. The first-order valence-corrected chi connectivity index (χ1v) is 7.69. The normalized spacial score (nSPS) is 11.2. The number of benzene rings is 1. The van der Waals surface area contributed by atoms with Crippen molar-refractivity contribution in [3.63, 3.8) is 0 Å². The molecule has 0 aliphatic carbocycles. The number of anilines is 1. The highest BCUT2D eigenvalue weighted by Crippen LogP contribution is 2.18. The number of aromatic nitrogens is 1. The summed E-state index contributed by atoms with van der Waals surface area (Å²) in [5, 5.41) is 3.14. The summed E-state index contributed by atoms with van der Waals surface area (Å²) in [4.78, 5) is 8.67. The molecule has 0 atom stereocenters. The Kier molecular flexibility index (Phi) is 8.02. The van der Waals surface area contributed by atoms with Crippen LogP contribution in [0.15, 0.2) is 47.6 Å². The van der Waals surface area contributed by atoms with E-state index in [0.717, 1.165) is 17.8 Å². The molecule has 0 aliphatic heterocycles. The molecule has 0 amide bonds. The van der Waals surface area contributed by atoms with Crippen LogP contribution in [0.25, 0.3) is 0 Å². The van der Waals surface area contributed by atoms with Crippen molar-refractivity contribution in [3.8, 4) is 0 Å². The van der Waals surface area contributed by atoms with E-state index in [4.69, 9.17) is 5.73 Å². The van der Waals surface area contributed by atoms with Gasteiger partial charge in [0, 0.05) is 11.9 Å². The van der Waals surface area contributed by atoms with Crippen LogP contribution in [0.4, 0.5) is 5.69 Å². The Hall–Kier alpha value is -1.63. The number of aryl methyl sites for hydroxylation is 1. The molecule has 0 radical (unpaired) electrons. The third-order valence-electron chi connectivity index (χ3n) is 3.53. The van der Waals surface area contributed by atoms with Crippen LogP contribution in [0, 0.1) is 0 Å². The van der Waals surface area contributed by atoms with Gasteiger partial charge in [-0.15, -0.1) is 24.0 Å². The van der Waals surface area contributed by atoms with Crippen molar-refractivity contribution in [2.45, 2.75) is 39.7 Å². The van der Waals surface area contributed by atoms with Crippen LogP contribution in [0.2, 0.25) is 0 Å². The minimum atomic E-state index is 0. The van der Waals surface area contributed by atoms with Crippen LogP contribution >= 0.6 is 24.0 Å². The maximum atomic E-state index is 5.96. The molecule has 124 valence electrons. The number of nitrogens with two attached hydrogens (primary N) is 1. The van der Waals surface area contributed by atoms with Gasteiger partial charge in [0.15, 0.2) is 5.96 Å². The Bertz CT molecular complexity index is 653. The number of hydrogen-bond donors (Lipinski definition) is 2. The number of aliphatic imine (C=N–C) groups is 1. The summed E-state index contributed by atoms with van der Waals surface area (Å²) in [6.07, 6.45) is 2.81. The fourth-order valence-corrected chi connectivity index (χ4v) is 2.16. The highest BCUT2D eigenvalue weighted by atomic mass is 127. The predicted molar refractivity (Wildman–Crippen MR) is 109 cm³/mol. The molecular formula is C18H25IN4. The molecule has 1 aromatic carbocycles. The summed E-state index contributed by atoms with van der Waals surface area (Å²) in [6, 6.07) is 12.3. The van der Waals surface area contributed by atoms with Gasteiger partial charge in [0.1, 0.15) is 0 Å². The van der Waals surface area contributed by atoms with E-state index in [2.05, 4.69) is 54.3 Å². The Morgan fingerprint density at radius 3 is 2.74 bits per heavy atom. The van der Waals surface area contributed by atoms with Crippen LogP contribution in [0.3, 0.4) is 0 Å². The molecule has 2 rings (SSSR count). The lowest BCUT2D eigenvalue weighted by molar-refractivity contribution is 0.867. The van der Waals surface area contributed by atoms with Gasteiger partial charge in [0.2, 0.25) is 0 Å². The number of halogens is 1. The van der Waals surface area contributed by atoms with Gasteiger partial charge in [0.25, 0.3) is 0 Å². The molecule has 0 saturated carbocycles. The Morgan fingerprint density at radius 2 is 2.04 bits per heavy atom. The first kappa shape index (κ1) is 19.4. The van der Waals surface area contributed by atoms with Crippen LogP contribution in [0.5, 0.6) is 0 Å². The predicted octanol–water partition coefficient (Wildman–Crippen LogP) is 4.31. The molecular weight excluding hydrogens is 399 g/mol. The van der Waals surface area contributed by atoms with Crippen molar-refractivity contribution in [1.82, 2.24) is 4.98 Å². The molecule has 0 saturated heterocycles. The number of guanidine groups is 1. The second kappa shape index (κ2) is 9.50. The third-order valence-corrected chi connectivity index (χ3v) is 3.53. The molecule has 0 fully saturated rings. The molecule has 0 spiro atoms. The molecule has 3 N–H and O–H groups in total. The van der Waals surface area contributed by atoms with Gasteiger partial charge in [-0.2, -0.15) is 0 Å². The smallest absolute Gasteiger partial charge is 0.193 e. The molecule has 1 aromatic heterocycles. The van der Waals surface area contributed by atoms with E-state index in [9.17, 15) is 0 Å². The number of nitrogens with one attached hydrogen (secondary N) is 1. The molecule has 0 bridgehead atoms. The summed E-state index contributed by atoms with van der Waals surface area (Å²) in [5.74, 6) is 0.894. The lowest BCUT2D eigenvalue weighted by Crippen LogP contribution is -2.22. The fourth-order valence-electron chi connectivity index (χ4n) is 2.16. The van der Waals surface area contributed by atoms with Gasteiger partial charge < -0.3 is 11.1 Å². The van der Waals surface area contributed by atoms with Gasteiger partial charge >= 0.3 is 0 Å². The summed E-state index contributed by atoms with van der Waals surface area (Å²) in [5.41, 5.74) is 10.4. The van der Waals surface area contributed by atoms with Crippen molar-refractivity contribution < 1.29 is 0 Å². The van der Waals surface area contributed by atoms with E-state index in [0.29, 0.717) is 18.4 Å². The van der Waals surface area contributed by atoms with Gasteiger partial charge in [-0.1, -0.05) is 32.9 Å². The average Bonchev–Trinajstić information content (AvgIpc) is 2.53. The zero-order valence-corrected chi connectivity index (χ0v) is 16.2. The number of rotatable bonds is 5. The topological polar surface area (TPSA) is 63.3 Å². The van der Waals surface area contributed by atoms with E-state index in [1.165, 1.54) is 11.1 Å². The first-order chi connectivity index (χ1) is 10.6. The molecule has 0 unspecified atom stereocenters. The van der Waals surface area contributed by atoms with Crippen molar-refractivity contribution in [3.05, 3.63) is 59.4 Å². The maximum Gasteiger partial charge on any atom is 0.193 e. The molecule has 5 heteroatoms. The minimum absolute atomic E-state index is 0. The van der Waals surface area contributed by atoms with Gasteiger partial charge in [-0.3, -0.25) is 4.98 Å². The van der Waals surface area contributed by atoms with Crippen molar-refractivity contribution in [1.29, 1.82) is 0 Å². The summed E-state index contributed by atoms with van der Waals surface area (Å²) >= 11 is 0. The monoisotopic (exact) mass is 424 g/mol. The second-order valence-corrected chi connectivity index (χ2v) is 5.62. The average molecular weight is 424 g/mol. The summed E-state index contributed by atoms with van der Waals surface area (Å²) in [6.45, 7) is 6.95. The van der Waals surface area contributed by atoms with Gasteiger partial charge in [-0.25, -0.2) is 4.99 Å². The minimum Gasteiger partial charge on any atom is -0.370 e. The molecule has 2 aromatic rings. The number of nitrogens with zero attached hydrogens (tertiary/aromatic N) is 2. The van der Waals surface area contributed by atoms with Crippen LogP contribution in [-0.2, 0) is 13.0 Å². The fraction of sp³-hybridized carbons (Fsp3) is 0.333. The van der Waals surface area contributed by atoms with E-state index in [1.54, 1.807) is 0 Å². The van der Waals surface area contributed by atoms with E-state index < -0.39 is 0 Å². The largest absolute Gasteiger partial charge is 0.370 e. The SMILES string of the molecule is CCc1ccnc(CN=C(N)Nc2cccc(C(C)C)c2)c1.I. The van der Waals surface area contributed by atoms with E-state index in [1.807, 2.05) is 24.4 Å². The standard InChI is InChI=1S/C18H24N4.HI/c1-4-14-8-9-20-17(10-14)12-21-18(19)22-16-7-5-6-15(11-16)13(2)3;/h5-11,13H,4,12H2,1-3H3,(H3,19,21,22);1H. The highest BCUT2D eigenvalue weighted by molar-refractivity contribution is 14.0. The van der Waals surface area contributed by atoms with E-state index in [-0.39, 0.29) is 24.0 Å². The summed E-state index contributed by atoms with van der Waals surface area (Å²) in [7, 11) is 0. The molecule has 4 nitrogen and oxygen atoms in total. The lowest BCUT2D eigenvalue weighted by atomic mass is 10.0. The molecule has 0 aliphatic rings. The maximum absolute atomic E-state index is 5.96. The van der Waals surface area contributed by atoms with Crippen molar-refractivity contribution >= 4 is 35.6 Å². The number of pyridine rings is 1. The zero-order valence-electron chi connectivity index (χ0n) is 13.9. The Balaban J connectivity index is 0.00000264. The third kappa shape index (κ3) is 6.17. The van der Waals surface area contributed by atoms with Crippen LogP contribution in [-0.4, -0.2) is 10.9 Å². The van der Waals surface area contributed by atoms with Gasteiger partial charge in [0.05, 0.1) is 12.2 Å². The second-order valence-electron chi connectivity index (χ2n) is 5.62. The molecule has 1 heterocycles. The van der Waals surface area contributed by atoms with Crippen LogP contribution in [0.1, 0.15) is 43.5 Å². The molecule has 23 heavy (non-hydrogen) atoms. The Labute approximate surface area is 155 Å². The lowest BCUT2D eigenvalue weighted by Gasteiger charge is -2.10. The van der Waals surface area contributed by atoms with Crippen molar-refractivity contribution in [2.75, 3.05) is 5.32 Å².